The topological polar surface area (TPSA) is 89.8 Å². The summed E-state index contributed by atoms with van der Waals surface area (Å²) in [7, 11) is 0. The lowest BCUT2D eigenvalue weighted by Gasteiger charge is -2.04. The molecule has 4 rings (SSSR count). The summed E-state index contributed by atoms with van der Waals surface area (Å²) in [5, 5.41) is 12.2. The van der Waals surface area contributed by atoms with Crippen molar-refractivity contribution in [1.82, 2.24) is 25.1 Å². The summed E-state index contributed by atoms with van der Waals surface area (Å²) in [4.78, 5) is 28.7. The number of amides is 2. The first kappa shape index (κ1) is 18.1. The Kier molecular flexibility index (Phi) is 5.03. The van der Waals surface area contributed by atoms with Crippen molar-refractivity contribution in [2.75, 3.05) is 5.75 Å². The minimum Gasteiger partial charge on any atom is -0.324 e. The van der Waals surface area contributed by atoms with Gasteiger partial charge in [-0.25, -0.2) is 4.98 Å². The zero-order chi connectivity index (χ0) is 19.5. The van der Waals surface area contributed by atoms with Gasteiger partial charge in [0, 0.05) is 17.5 Å². The van der Waals surface area contributed by atoms with Gasteiger partial charge in [0.15, 0.2) is 5.65 Å². The van der Waals surface area contributed by atoms with Crippen molar-refractivity contribution in [1.29, 1.82) is 0 Å². The third-order valence-electron chi connectivity index (χ3n) is 4.29. The molecule has 0 saturated carbocycles. The second kappa shape index (κ2) is 7.77. The monoisotopic (exact) mass is 391 g/mol. The number of thioether (sulfide) groups is 1. The molecule has 0 unspecified atom stereocenters. The first-order valence-corrected chi connectivity index (χ1v) is 9.79. The minimum atomic E-state index is -0.424. The van der Waals surface area contributed by atoms with Crippen LogP contribution in [0.5, 0.6) is 0 Å². The van der Waals surface area contributed by atoms with Gasteiger partial charge in [0.25, 0.3) is 5.91 Å². The van der Waals surface area contributed by atoms with Crippen LogP contribution in [0.2, 0.25) is 0 Å². The highest BCUT2D eigenvalue weighted by Crippen LogP contribution is 2.26. The van der Waals surface area contributed by atoms with Gasteiger partial charge in [0.05, 0.1) is 11.3 Å². The molecule has 7 nitrogen and oxygen atoms in total. The van der Waals surface area contributed by atoms with E-state index in [9.17, 15) is 9.59 Å². The third-order valence-corrected chi connectivity index (χ3v) is 5.13. The maximum atomic E-state index is 12.1. The standard InChI is InChI=1S/C20H17N5O2S/c1-2-25-15-11-7-6-10-14(15)17-18(25)22-20(24-23-17)28-12-16(26)21-19(27)13-8-4-3-5-9-13/h3-11H,2,12H2,1H3,(H,21,26,27). The number of carbonyl (C=O) groups is 2. The van der Waals surface area contributed by atoms with E-state index in [0.717, 1.165) is 40.4 Å². The van der Waals surface area contributed by atoms with E-state index in [1.807, 2.05) is 37.3 Å². The number of imide groups is 1. The molecule has 0 aliphatic rings. The smallest absolute Gasteiger partial charge is 0.257 e. The molecule has 2 aromatic carbocycles. The summed E-state index contributed by atoms with van der Waals surface area (Å²) < 4.78 is 2.07. The Balaban J connectivity index is 1.50. The molecule has 0 fully saturated rings. The second-order valence-electron chi connectivity index (χ2n) is 6.06. The average molecular weight is 391 g/mol. The summed E-state index contributed by atoms with van der Waals surface area (Å²) in [5.74, 6) is -0.802. The summed E-state index contributed by atoms with van der Waals surface area (Å²) in [6, 6.07) is 16.6. The van der Waals surface area contributed by atoms with E-state index >= 15 is 0 Å². The van der Waals surface area contributed by atoms with Crippen molar-refractivity contribution in [3.63, 3.8) is 0 Å². The predicted octanol–water partition coefficient (Wildman–Crippen LogP) is 3.05. The van der Waals surface area contributed by atoms with Gasteiger partial charge >= 0.3 is 0 Å². The number of rotatable bonds is 5. The molecule has 2 heterocycles. The van der Waals surface area contributed by atoms with Crippen molar-refractivity contribution in [3.05, 3.63) is 60.2 Å². The fraction of sp³-hybridized carbons (Fsp3) is 0.150. The Labute approximate surface area is 165 Å². The van der Waals surface area contributed by atoms with Crippen molar-refractivity contribution in [3.8, 4) is 0 Å². The van der Waals surface area contributed by atoms with Crippen LogP contribution in [0.25, 0.3) is 22.1 Å². The van der Waals surface area contributed by atoms with Gasteiger partial charge in [0.2, 0.25) is 11.1 Å². The molecule has 8 heteroatoms. The van der Waals surface area contributed by atoms with Crippen LogP contribution in [0.1, 0.15) is 17.3 Å². The molecule has 0 aliphatic heterocycles. The molecule has 2 amide bonds. The zero-order valence-electron chi connectivity index (χ0n) is 15.1. The lowest BCUT2D eigenvalue weighted by Crippen LogP contribution is -2.31. The molecule has 0 atom stereocenters. The van der Waals surface area contributed by atoms with Crippen LogP contribution in [0.4, 0.5) is 0 Å². The normalized spacial score (nSPS) is 11.0. The summed E-state index contributed by atoms with van der Waals surface area (Å²) in [6.07, 6.45) is 0. The fourth-order valence-electron chi connectivity index (χ4n) is 3.03. The Bertz CT molecular complexity index is 1170. The first-order valence-electron chi connectivity index (χ1n) is 8.81. The lowest BCUT2D eigenvalue weighted by atomic mass is 10.2. The van der Waals surface area contributed by atoms with Gasteiger partial charge in [-0.3, -0.25) is 14.9 Å². The van der Waals surface area contributed by atoms with Crippen LogP contribution in [-0.4, -0.2) is 37.3 Å². The molecule has 0 radical (unpaired) electrons. The molecule has 0 saturated heterocycles. The summed E-state index contributed by atoms with van der Waals surface area (Å²) in [5.41, 5.74) is 2.97. The number of fused-ring (bicyclic) bond motifs is 3. The van der Waals surface area contributed by atoms with Crippen LogP contribution in [0.15, 0.2) is 59.8 Å². The lowest BCUT2D eigenvalue weighted by molar-refractivity contribution is -0.117. The molecular weight excluding hydrogens is 374 g/mol. The highest BCUT2D eigenvalue weighted by Gasteiger charge is 2.15. The molecule has 0 spiro atoms. The maximum absolute atomic E-state index is 12.1. The van der Waals surface area contributed by atoms with Gasteiger partial charge in [-0.05, 0) is 25.1 Å². The average Bonchev–Trinajstić information content (AvgIpc) is 3.05. The van der Waals surface area contributed by atoms with Crippen LogP contribution in [0.3, 0.4) is 0 Å². The molecule has 4 aromatic rings. The number of para-hydroxylation sites is 1. The van der Waals surface area contributed by atoms with E-state index in [1.165, 1.54) is 0 Å². The molecular formula is C20H17N5O2S. The van der Waals surface area contributed by atoms with E-state index in [0.29, 0.717) is 10.7 Å². The number of hydrogen-bond acceptors (Lipinski definition) is 6. The Morgan fingerprint density at radius 3 is 2.57 bits per heavy atom. The third kappa shape index (κ3) is 3.46. The van der Waals surface area contributed by atoms with E-state index in [-0.39, 0.29) is 5.75 Å². The minimum absolute atomic E-state index is 0.0259. The zero-order valence-corrected chi connectivity index (χ0v) is 15.9. The number of benzene rings is 2. The molecule has 0 bridgehead atoms. The highest BCUT2D eigenvalue weighted by molar-refractivity contribution is 7.99. The van der Waals surface area contributed by atoms with Crippen LogP contribution >= 0.6 is 11.8 Å². The number of nitrogens with one attached hydrogen (secondary N) is 1. The van der Waals surface area contributed by atoms with E-state index in [4.69, 9.17) is 0 Å². The highest BCUT2D eigenvalue weighted by atomic mass is 32.2. The van der Waals surface area contributed by atoms with Crippen molar-refractivity contribution < 1.29 is 9.59 Å². The van der Waals surface area contributed by atoms with Gasteiger partial charge in [-0.2, -0.15) is 0 Å². The van der Waals surface area contributed by atoms with Gasteiger partial charge in [0.1, 0.15) is 5.52 Å². The van der Waals surface area contributed by atoms with Crippen LogP contribution in [-0.2, 0) is 11.3 Å². The van der Waals surface area contributed by atoms with Crippen molar-refractivity contribution in [2.24, 2.45) is 0 Å². The SMILES string of the molecule is CCn1c2ccccc2c2nnc(SCC(=O)NC(=O)c3ccccc3)nc21. The Hall–Kier alpha value is -3.26. The van der Waals surface area contributed by atoms with Gasteiger partial charge < -0.3 is 4.57 Å². The second-order valence-corrected chi connectivity index (χ2v) is 7.00. The molecule has 0 aliphatic carbocycles. The first-order chi connectivity index (χ1) is 13.7. The van der Waals surface area contributed by atoms with Crippen molar-refractivity contribution >= 4 is 45.6 Å². The van der Waals surface area contributed by atoms with Gasteiger partial charge in [-0.15, -0.1) is 10.2 Å². The summed E-state index contributed by atoms with van der Waals surface area (Å²) >= 11 is 1.15. The maximum Gasteiger partial charge on any atom is 0.257 e. The Morgan fingerprint density at radius 2 is 1.79 bits per heavy atom. The summed E-state index contributed by atoms with van der Waals surface area (Å²) in [6.45, 7) is 2.79. The molecule has 1 N–H and O–H groups in total. The predicted molar refractivity (Wildman–Crippen MR) is 108 cm³/mol. The number of nitrogens with zero attached hydrogens (tertiary/aromatic N) is 4. The van der Waals surface area contributed by atoms with E-state index in [1.54, 1.807) is 24.3 Å². The van der Waals surface area contributed by atoms with Gasteiger partial charge in [-0.1, -0.05) is 48.2 Å². The quantitative estimate of drug-likeness (QED) is 0.526. The fourth-order valence-corrected chi connectivity index (χ4v) is 3.61. The molecule has 2 aromatic heterocycles. The van der Waals surface area contributed by atoms with Crippen molar-refractivity contribution in [2.45, 2.75) is 18.6 Å². The van der Waals surface area contributed by atoms with Crippen LogP contribution < -0.4 is 5.32 Å². The Morgan fingerprint density at radius 1 is 1.04 bits per heavy atom. The number of aromatic nitrogens is 4. The number of hydrogen-bond donors (Lipinski definition) is 1. The number of aryl methyl sites for hydroxylation is 1. The molecule has 28 heavy (non-hydrogen) atoms. The van der Waals surface area contributed by atoms with E-state index in [2.05, 4.69) is 25.1 Å². The number of carbonyl (C=O) groups excluding carboxylic acids is 2. The largest absolute Gasteiger partial charge is 0.324 e. The molecule has 140 valence electrons. The van der Waals surface area contributed by atoms with Crippen LogP contribution in [0, 0.1) is 0 Å². The van der Waals surface area contributed by atoms with E-state index < -0.39 is 11.8 Å².